The van der Waals surface area contributed by atoms with Crippen LogP contribution >= 0.6 is 0 Å². The first-order chi connectivity index (χ1) is 5.79. The number of hydrogen-bond donors (Lipinski definition) is 1. The maximum atomic E-state index is 9.65. The van der Waals surface area contributed by atoms with E-state index in [1.807, 2.05) is 18.2 Å². The van der Waals surface area contributed by atoms with Gasteiger partial charge in [0.25, 0.3) is 0 Å². The quantitative estimate of drug-likeness (QED) is 0.627. The molecule has 0 radical (unpaired) electrons. The van der Waals surface area contributed by atoms with Crippen LogP contribution in [0.5, 0.6) is 0 Å². The Bertz CT molecular complexity index is 256. The van der Waals surface area contributed by atoms with Gasteiger partial charge in [-0.1, -0.05) is 18.2 Å². The van der Waals surface area contributed by atoms with Crippen LogP contribution in [0.4, 0.5) is 5.69 Å². The zero-order valence-corrected chi connectivity index (χ0v) is 7.20. The van der Waals surface area contributed by atoms with Crippen molar-refractivity contribution in [3.8, 4) is 0 Å². The van der Waals surface area contributed by atoms with Crippen LogP contribution in [-0.4, -0.2) is 18.7 Å². The van der Waals surface area contributed by atoms with Crippen molar-refractivity contribution in [1.82, 2.24) is 0 Å². The van der Waals surface area contributed by atoms with Crippen LogP contribution in [0.1, 0.15) is 18.1 Å². The van der Waals surface area contributed by atoms with Crippen molar-refractivity contribution >= 4 is 5.69 Å². The summed E-state index contributed by atoms with van der Waals surface area (Å²) in [6.45, 7) is 0.943. The lowest BCUT2D eigenvalue weighted by Crippen LogP contribution is -2.26. The van der Waals surface area contributed by atoms with Gasteiger partial charge in [0.05, 0.1) is 6.10 Å². The van der Waals surface area contributed by atoms with Gasteiger partial charge in [0, 0.05) is 24.8 Å². The lowest BCUT2D eigenvalue weighted by Gasteiger charge is -2.30. The highest BCUT2D eigenvalue weighted by molar-refractivity contribution is 5.55. The van der Waals surface area contributed by atoms with E-state index in [0.29, 0.717) is 0 Å². The summed E-state index contributed by atoms with van der Waals surface area (Å²) in [4.78, 5) is 2.18. The van der Waals surface area contributed by atoms with Gasteiger partial charge in [0.15, 0.2) is 0 Å². The third-order valence-corrected chi connectivity index (χ3v) is 2.44. The first-order valence-electron chi connectivity index (χ1n) is 4.27. The summed E-state index contributed by atoms with van der Waals surface area (Å²) < 4.78 is 0. The highest BCUT2D eigenvalue weighted by Gasteiger charge is 2.19. The monoisotopic (exact) mass is 163 g/mol. The molecular weight excluding hydrogens is 150 g/mol. The van der Waals surface area contributed by atoms with Crippen molar-refractivity contribution in [2.75, 3.05) is 18.5 Å². The molecule has 1 unspecified atom stereocenters. The summed E-state index contributed by atoms with van der Waals surface area (Å²) in [6, 6.07) is 8.03. The highest BCUT2D eigenvalue weighted by Crippen LogP contribution is 2.31. The van der Waals surface area contributed by atoms with E-state index in [4.69, 9.17) is 0 Å². The van der Waals surface area contributed by atoms with Crippen molar-refractivity contribution in [3.05, 3.63) is 29.8 Å². The molecule has 1 aromatic carbocycles. The molecule has 0 fully saturated rings. The van der Waals surface area contributed by atoms with Gasteiger partial charge >= 0.3 is 0 Å². The summed E-state index contributed by atoms with van der Waals surface area (Å²) in [5.74, 6) is 0. The third-order valence-electron chi connectivity index (χ3n) is 2.44. The molecule has 1 N–H and O–H groups in total. The molecule has 12 heavy (non-hydrogen) atoms. The van der Waals surface area contributed by atoms with E-state index < -0.39 is 0 Å². The molecule has 1 aliphatic rings. The lowest BCUT2D eigenvalue weighted by atomic mass is 10.00. The summed E-state index contributed by atoms with van der Waals surface area (Å²) in [5, 5.41) is 9.65. The predicted molar refractivity (Wildman–Crippen MR) is 49.3 cm³/mol. The van der Waals surface area contributed by atoms with Crippen LogP contribution in [0.3, 0.4) is 0 Å². The average Bonchev–Trinajstić information content (AvgIpc) is 2.12. The molecule has 1 aliphatic heterocycles. The van der Waals surface area contributed by atoms with E-state index >= 15 is 0 Å². The number of rotatable bonds is 0. The standard InChI is InChI=1S/C10H13NO/c1-11-7-6-10(12)8-4-2-3-5-9(8)11/h2-5,10,12H,6-7H2,1H3. The molecule has 2 rings (SSSR count). The van der Waals surface area contributed by atoms with Gasteiger partial charge in [-0.15, -0.1) is 0 Å². The van der Waals surface area contributed by atoms with Crippen LogP contribution in [0.2, 0.25) is 0 Å². The van der Waals surface area contributed by atoms with Crippen LogP contribution in [-0.2, 0) is 0 Å². The van der Waals surface area contributed by atoms with E-state index in [2.05, 4.69) is 18.0 Å². The van der Waals surface area contributed by atoms with Crippen LogP contribution < -0.4 is 4.90 Å². The highest BCUT2D eigenvalue weighted by atomic mass is 16.3. The van der Waals surface area contributed by atoms with Gasteiger partial charge in [0.2, 0.25) is 0 Å². The Kier molecular flexibility index (Phi) is 1.77. The maximum Gasteiger partial charge on any atom is 0.0826 e. The first kappa shape index (κ1) is 7.62. The Morgan fingerprint density at radius 3 is 2.92 bits per heavy atom. The molecule has 0 spiro atoms. The van der Waals surface area contributed by atoms with Crippen molar-refractivity contribution in [2.45, 2.75) is 12.5 Å². The molecular formula is C10H13NO. The summed E-state index contributed by atoms with van der Waals surface area (Å²) in [7, 11) is 2.06. The molecule has 0 amide bonds. The molecule has 1 atom stereocenters. The number of para-hydroxylation sites is 1. The van der Waals surface area contributed by atoms with E-state index in [1.54, 1.807) is 0 Å². The second-order valence-corrected chi connectivity index (χ2v) is 3.28. The minimum absolute atomic E-state index is 0.266. The minimum atomic E-state index is -0.266. The van der Waals surface area contributed by atoms with E-state index in [0.717, 1.165) is 24.2 Å². The molecule has 1 heterocycles. The fraction of sp³-hybridized carbons (Fsp3) is 0.400. The molecule has 2 nitrogen and oxygen atoms in total. The fourth-order valence-corrected chi connectivity index (χ4v) is 1.71. The number of fused-ring (bicyclic) bond motifs is 1. The van der Waals surface area contributed by atoms with Crippen LogP contribution in [0.15, 0.2) is 24.3 Å². The Morgan fingerprint density at radius 1 is 1.42 bits per heavy atom. The van der Waals surface area contributed by atoms with Crippen molar-refractivity contribution in [3.63, 3.8) is 0 Å². The number of hydrogen-bond acceptors (Lipinski definition) is 2. The van der Waals surface area contributed by atoms with Gasteiger partial charge in [-0.25, -0.2) is 0 Å². The van der Waals surface area contributed by atoms with Crippen molar-refractivity contribution < 1.29 is 5.11 Å². The lowest BCUT2D eigenvalue weighted by molar-refractivity contribution is 0.165. The van der Waals surface area contributed by atoms with Crippen molar-refractivity contribution in [2.24, 2.45) is 0 Å². The van der Waals surface area contributed by atoms with Crippen LogP contribution in [0.25, 0.3) is 0 Å². The third kappa shape index (κ3) is 1.08. The predicted octanol–water partition coefficient (Wildman–Crippen LogP) is 1.56. The smallest absolute Gasteiger partial charge is 0.0826 e. The summed E-state index contributed by atoms with van der Waals surface area (Å²) in [5.41, 5.74) is 2.22. The number of benzene rings is 1. The van der Waals surface area contributed by atoms with E-state index in [1.165, 1.54) is 0 Å². The molecule has 0 aliphatic carbocycles. The molecule has 2 heteroatoms. The Balaban J connectivity index is 2.47. The van der Waals surface area contributed by atoms with Gasteiger partial charge < -0.3 is 10.0 Å². The van der Waals surface area contributed by atoms with E-state index in [9.17, 15) is 5.11 Å². The van der Waals surface area contributed by atoms with Gasteiger partial charge in [-0.3, -0.25) is 0 Å². The van der Waals surface area contributed by atoms with Gasteiger partial charge in [0.1, 0.15) is 0 Å². The molecule has 0 saturated carbocycles. The van der Waals surface area contributed by atoms with Crippen molar-refractivity contribution in [1.29, 1.82) is 0 Å². The fourth-order valence-electron chi connectivity index (χ4n) is 1.71. The first-order valence-corrected chi connectivity index (χ1v) is 4.27. The second kappa shape index (κ2) is 2.79. The zero-order chi connectivity index (χ0) is 8.55. The molecule has 0 aromatic heterocycles. The molecule has 0 bridgehead atoms. The largest absolute Gasteiger partial charge is 0.388 e. The normalized spacial score (nSPS) is 22.2. The zero-order valence-electron chi connectivity index (χ0n) is 7.20. The average molecular weight is 163 g/mol. The molecule has 0 saturated heterocycles. The summed E-state index contributed by atoms with van der Waals surface area (Å²) in [6.07, 6.45) is 0.574. The Hall–Kier alpha value is -1.02. The maximum absolute atomic E-state index is 9.65. The molecule has 1 aromatic rings. The topological polar surface area (TPSA) is 23.5 Å². The molecule has 64 valence electrons. The number of nitrogens with zero attached hydrogens (tertiary/aromatic N) is 1. The SMILES string of the molecule is CN1CCC(O)c2ccccc21. The number of anilines is 1. The number of aliphatic hydroxyl groups is 1. The van der Waals surface area contributed by atoms with Gasteiger partial charge in [-0.05, 0) is 12.5 Å². The summed E-state index contributed by atoms with van der Waals surface area (Å²) >= 11 is 0. The Labute approximate surface area is 72.4 Å². The van der Waals surface area contributed by atoms with Gasteiger partial charge in [-0.2, -0.15) is 0 Å². The van der Waals surface area contributed by atoms with E-state index in [-0.39, 0.29) is 6.10 Å². The minimum Gasteiger partial charge on any atom is -0.388 e. The van der Waals surface area contributed by atoms with Crippen LogP contribution in [0, 0.1) is 0 Å². The number of aliphatic hydroxyl groups excluding tert-OH is 1. The Morgan fingerprint density at radius 2 is 2.17 bits per heavy atom. The second-order valence-electron chi connectivity index (χ2n) is 3.28.